The molecule has 0 N–H and O–H groups in total. The quantitative estimate of drug-likeness (QED) is 0.547. The molecular weight excluding hydrogens is 476 g/mol. The molecule has 9 heteroatoms. The van der Waals surface area contributed by atoms with Crippen molar-refractivity contribution < 1.29 is 19.0 Å². The van der Waals surface area contributed by atoms with Crippen molar-refractivity contribution in [3.63, 3.8) is 0 Å². The molecule has 2 aromatic carbocycles. The van der Waals surface area contributed by atoms with Crippen molar-refractivity contribution >= 4 is 46.0 Å². The van der Waals surface area contributed by atoms with Crippen molar-refractivity contribution in [1.29, 1.82) is 0 Å². The standard InChI is InChI=1S/C27H32N4O4S/c1-3-31-26(32)25(18-20-4-7-23(19-24(20)33-2)30-12-16-35-17-13-30)36-27(31)28-21-5-8-22(9-6-21)29-10-14-34-15-11-29/h4-9,18-19H,3,10-17H2,1-2H3. The van der Waals surface area contributed by atoms with Crippen LogP contribution in [-0.4, -0.2) is 82.2 Å². The molecule has 1 amide bonds. The topological polar surface area (TPSA) is 66.8 Å². The van der Waals surface area contributed by atoms with Crippen LogP contribution >= 0.6 is 11.8 Å². The highest BCUT2D eigenvalue weighted by Gasteiger charge is 2.32. The first-order valence-corrected chi connectivity index (χ1v) is 13.2. The average molecular weight is 509 g/mol. The Morgan fingerprint density at radius 2 is 1.56 bits per heavy atom. The van der Waals surface area contributed by atoms with Gasteiger partial charge in [0.1, 0.15) is 5.75 Å². The van der Waals surface area contributed by atoms with Gasteiger partial charge >= 0.3 is 0 Å². The smallest absolute Gasteiger partial charge is 0.266 e. The lowest BCUT2D eigenvalue weighted by atomic mass is 10.1. The number of methoxy groups -OCH3 is 1. The number of morpholine rings is 2. The Labute approximate surface area is 216 Å². The molecule has 5 rings (SSSR count). The molecule has 0 saturated carbocycles. The number of anilines is 2. The minimum Gasteiger partial charge on any atom is -0.496 e. The fourth-order valence-electron chi connectivity index (χ4n) is 4.52. The molecule has 2 aromatic rings. The Morgan fingerprint density at radius 3 is 2.17 bits per heavy atom. The van der Waals surface area contributed by atoms with Crippen LogP contribution in [0.5, 0.6) is 5.75 Å². The van der Waals surface area contributed by atoms with Crippen LogP contribution in [0.1, 0.15) is 12.5 Å². The Bertz CT molecular complexity index is 1140. The summed E-state index contributed by atoms with van der Waals surface area (Å²) in [4.78, 5) is 25.0. The van der Waals surface area contributed by atoms with E-state index >= 15 is 0 Å². The minimum atomic E-state index is -0.0366. The molecule has 190 valence electrons. The summed E-state index contributed by atoms with van der Waals surface area (Å²) >= 11 is 1.40. The average Bonchev–Trinajstić information content (AvgIpc) is 3.23. The molecule has 0 bridgehead atoms. The van der Waals surface area contributed by atoms with E-state index in [1.807, 2.05) is 37.3 Å². The molecule has 3 heterocycles. The molecule has 0 aromatic heterocycles. The van der Waals surface area contributed by atoms with Gasteiger partial charge in [0.2, 0.25) is 0 Å². The fraction of sp³-hybridized carbons (Fsp3) is 0.407. The third kappa shape index (κ3) is 5.38. The van der Waals surface area contributed by atoms with E-state index in [0.717, 1.165) is 81.0 Å². The zero-order valence-corrected chi connectivity index (χ0v) is 21.6. The van der Waals surface area contributed by atoms with Crippen molar-refractivity contribution in [2.45, 2.75) is 6.92 Å². The molecule has 0 radical (unpaired) electrons. The summed E-state index contributed by atoms with van der Waals surface area (Å²) < 4.78 is 16.6. The van der Waals surface area contributed by atoms with Crippen LogP contribution in [0.25, 0.3) is 6.08 Å². The maximum absolute atomic E-state index is 13.2. The summed E-state index contributed by atoms with van der Waals surface area (Å²) in [6, 6.07) is 14.3. The normalized spacial score (nSPS) is 21.1. The number of likely N-dealkylation sites (N-methyl/N-ethyl adjacent to an activating group) is 1. The number of carbonyl (C=O) groups is 1. The lowest BCUT2D eigenvalue weighted by Gasteiger charge is -2.29. The van der Waals surface area contributed by atoms with Gasteiger partial charge < -0.3 is 24.0 Å². The Balaban J connectivity index is 1.35. The van der Waals surface area contributed by atoms with Crippen molar-refractivity contribution in [3.8, 4) is 5.75 Å². The number of aliphatic imine (C=N–C) groups is 1. The van der Waals surface area contributed by atoms with E-state index in [-0.39, 0.29) is 5.91 Å². The van der Waals surface area contributed by atoms with Crippen molar-refractivity contribution in [2.75, 3.05) is 76.1 Å². The Morgan fingerprint density at radius 1 is 0.944 bits per heavy atom. The number of ether oxygens (including phenoxy) is 3. The van der Waals surface area contributed by atoms with E-state index in [9.17, 15) is 4.79 Å². The molecule has 3 saturated heterocycles. The first-order chi connectivity index (χ1) is 17.7. The Hall–Kier alpha value is -3.01. The maximum atomic E-state index is 13.2. The van der Waals surface area contributed by atoms with E-state index < -0.39 is 0 Å². The number of hydrogen-bond donors (Lipinski definition) is 0. The predicted molar refractivity (Wildman–Crippen MR) is 146 cm³/mol. The Kier molecular flexibility index (Phi) is 7.79. The first kappa shape index (κ1) is 24.7. The van der Waals surface area contributed by atoms with Gasteiger partial charge in [0.05, 0.1) is 44.1 Å². The number of carbonyl (C=O) groups excluding carboxylic acids is 1. The van der Waals surface area contributed by atoms with Gasteiger partial charge in [0.15, 0.2) is 5.17 Å². The summed E-state index contributed by atoms with van der Waals surface area (Å²) in [6.45, 7) is 8.99. The van der Waals surface area contributed by atoms with Crippen molar-refractivity contribution in [3.05, 3.63) is 52.9 Å². The number of hydrogen-bond acceptors (Lipinski definition) is 8. The number of rotatable bonds is 6. The molecular formula is C27H32N4O4S. The van der Waals surface area contributed by atoms with E-state index in [1.165, 1.54) is 11.8 Å². The first-order valence-electron chi connectivity index (χ1n) is 12.4. The number of amides is 1. The SMILES string of the molecule is CCN1C(=O)C(=Cc2ccc(N3CCOCC3)cc2OC)SC1=Nc1ccc(N2CCOCC2)cc1. The van der Waals surface area contributed by atoms with Crippen molar-refractivity contribution in [2.24, 2.45) is 4.99 Å². The zero-order valence-electron chi connectivity index (χ0n) is 20.8. The van der Waals surface area contributed by atoms with Gasteiger partial charge in [0, 0.05) is 55.7 Å². The molecule has 36 heavy (non-hydrogen) atoms. The fourth-order valence-corrected chi connectivity index (χ4v) is 5.57. The van der Waals surface area contributed by atoms with Gasteiger partial charge in [0.25, 0.3) is 5.91 Å². The van der Waals surface area contributed by atoms with Gasteiger partial charge in [-0.3, -0.25) is 9.69 Å². The molecule has 0 unspecified atom stereocenters. The molecule has 3 fully saturated rings. The molecule has 3 aliphatic rings. The highest BCUT2D eigenvalue weighted by Crippen LogP contribution is 2.36. The third-order valence-corrected chi connectivity index (χ3v) is 7.54. The highest BCUT2D eigenvalue weighted by atomic mass is 32.2. The number of nitrogens with zero attached hydrogens (tertiary/aromatic N) is 4. The highest BCUT2D eigenvalue weighted by molar-refractivity contribution is 8.18. The van der Waals surface area contributed by atoms with E-state index in [2.05, 4.69) is 28.0 Å². The second-order valence-corrected chi connectivity index (χ2v) is 9.71. The van der Waals surface area contributed by atoms with Crippen LogP contribution in [0, 0.1) is 0 Å². The second-order valence-electron chi connectivity index (χ2n) is 8.70. The number of thioether (sulfide) groups is 1. The lowest BCUT2D eigenvalue weighted by Crippen LogP contribution is -2.36. The van der Waals surface area contributed by atoms with Gasteiger partial charge in [-0.15, -0.1) is 0 Å². The zero-order chi connectivity index (χ0) is 24.9. The maximum Gasteiger partial charge on any atom is 0.266 e. The lowest BCUT2D eigenvalue weighted by molar-refractivity contribution is -0.122. The minimum absolute atomic E-state index is 0.0366. The summed E-state index contributed by atoms with van der Waals surface area (Å²) in [5.41, 5.74) is 3.96. The van der Waals surface area contributed by atoms with E-state index in [4.69, 9.17) is 19.2 Å². The van der Waals surface area contributed by atoms with Crippen LogP contribution in [0.4, 0.5) is 17.1 Å². The van der Waals surface area contributed by atoms with Crippen LogP contribution in [0.15, 0.2) is 52.4 Å². The second kappa shape index (κ2) is 11.4. The van der Waals surface area contributed by atoms with Crippen LogP contribution < -0.4 is 14.5 Å². The summed E-state index contributed by atoms with van der Waals surface area (Å²) in [5, 5.41) is 0.691. The van der Waals surface area contributed by atoms with Gasteiger partial charge in [-0.05, 0) is 61.2 Å². The predicted octanol–water partition coefficient (Wildman–Crippen LogP) is 3.99. The van der Waals surface area contributed by atoms with Crippen LogP contribution in [-0.2, 0) is 14.3 Å². The van der Waals surface area contributed by atoms with Gasteiger partial charge in [-0.2, -0.15) is 0 Å². The van der Waals surface area contributed by atoms with Gasteiger partial charge in [-0.25, -0.2) is 4.99 Å². The summed E-state index contributed by atoms with van der Waals surface area (Å²) in [6.07, 6.45) is 1.90. The van der Waals surface area contributed by atoms with E-state index in [0.29, 0.717) is 16.6 Å². The summed E-state index contributed by atoms with van der Waals surface area (Å²) in [5.74, 6) is 0.706. The van der Waals surface area contributed by atoms with Crippen LogP contribution in [0.3, 0.4) is 0 Å². The largest absolute Gasteiger partial charge is 0.496 e. The van der Waals surface area contributed by atoms with Gasteiger partial charge in [-0.1, -0.05) is 0 Å². The molecule has 8 nitrogen and oxygen atoms in total. The molecule has 3 aliphatic heterocycles. The van der Waals surface area contributed by atoms with E-state index in [1.54, 1.807) is 12.0 Å². The summed E-state index contributed by atoms with van der Waals surface area (Å²) in [7, 11) is 1.66. The third-order valence-electron chi connectivity index (χ3n) is 6.53. The molecule has 0 spiro atoms. The van der Waals surface area contributed by atoms with Crippen LogP contribution in [0.2, 0.25) is 0 Å². The molecule has 0 aliphatic carbocycles. The number of amidine groups is 1. The number of benzene rings is 2. The molecule has 0 atom stereocenters. The van der Waals surface area contributed by atoms with Crippen molar-refractivity contribution in [1.82, 2.24) is 4.90 Å². The monoisotopic (exact) mass is 508 g/mol.